The molecular formula is C16H19N5OS2. The monoisotopic (exact) mass is 361 g/mol. The molecule has 0 radical (unpaired) electrons. The summed E-state index contributed by atoms with van der Waals surface area (Å²) in [6, 6.07) is 7.98. The number of aryl methyl sites for hydroxylation is 1. The number of fused-ring (bicyclic) bond motifs is 1. The Bertz CT molecular complexity index is 811. The first-order valence-electron chi connectivity index (χ1n) is 7.72. The lowest BCUT2D eigenvalue weighted by atomic mass is 10.3. The summed E-state index contributed by atoms with van der Waals surface area (Å²) in [7, 11) is 1.82. The number of aromatic nitrogens is 4. The SMILES string of the molecule is CCn1cnnc1SCC(=O)N(C)[C@H](C)c1nc2ccccc2s1. The molecule has 0 N–H and O–H groups in total. The van der Waals surface area contributed by atoms with Crippen LogP contribution in [0.5, 0.6) is 0 Å². The van der Waals surface area contributed by atoms with Gasteiger partial charge in [0.15, 0.2) is 5.16 Å². The summed E-state index contributed by atoms with van der Waals surface area (Å²) in [6.07, 6.45) is 1.68. The van der Waals surface area contributed by atoms with Gasteiger partial charge in [0.1, 0.15) is 11.3 Å². The fourth-order valence-electron chi connectivity index (χ4n) is 2.25. The number of amides is 1. The van der Waals surface area contributed by atoms with Crippen molar-refractivity contribution in [2.45, 2.75) is 31.6 Å². The van der Waals surface area contributed by atoms with Crippen molar-refractivity contribution in [3.63, 3.8) is 0 Å². The third-order valence-corrected chi connectivity index (χ3v) is 6.06. The summed E-state index contributed by atoms with van der Waals surface area (Å²) in [5.74, 6) is 0.391. The maximum absolute atomic E-state index is 12.5. The van der Waals surface area contributed by atoms with Gasteiger partial charge in [0, 0.05) is 13.6 Å². The molecule has 0 bridgehead atoms. The predicted octanol–water partition coefficient (Wildman–Crippen LogP) is 3.22. The molecule has 0 spiro atoms. The van der Waals surface area contributed by atoms with Crippen LogP contribution in [-0.2, 0) is 11.3 Å². The van der Waals surface area contributed by atoms with Crippen LogP contribution in [0.2, 0.25) is 0 Å². The second kappa shape index (κ2) is 7.31. The Hall–Kier alpha value is -1.93. The van der Waals surface area contributed by atoms with Gasteiger partial charge in [0.2, 0.25) is 5.91 Å². The Labute approximate surface area is 148 Å². The van der Waals surface area contributed by atoms with Gasteiger partial charge in [-0.1, -0.05) is 23.9 Å². The number of hydrogen-bond acceptors (Lipinski definition) is 6. The van der Waals surface area contributed by atoms with Crippen LogP contribution in [0.3, 0.4) is 0 Å². The normalized spacial score (nSPS) is 12.5. The number of benzene rings is 1. The maximum Gasteiger partial charge on any atom is 0.233 e. The highest BCUT2D eigenvalue weighted by Crippen LogP contribution is 2.29. The van der Waals surface area contributed by atoms with Crippen molar-refractivity contribution in [3.05, 3.63) is 35.6 Å². The van der Waals surface area contributed by atoms with E-state index in [1.165, 1.54) is 11.8 Å². The largest absolute Gasteiger partial charge is 0.336 e. The van der Waals surface area contributed by atoms with Crippen LogP contribution in [0.25, 0.3) is 10.2 Å². The molecule has 0 saturated heterocycles. The zero-order chi connectivity index (χ0) is 17.1. The molecule has 24 heavy (non-hydrogen) atoms. The summed E-state index contributed by atoms with van der Waals surface area (Å²) in [4.78, 5) is 18.9. The fraction of sp³-hybridized carbons (Fsp3) is 0.375. The molecular weight excluding hydrogens is 342 g/mol. The summed E-state index contributed by atoms with van der Waals surface area (Å²) < 4.78 is 3.07. The van der Waals surface area contributed by atoms with Gasteiger partial charge in [-0.3, -0.25) is 4.79 Å². The lowest BCUT2D eigenvalue weighted by molar-refractivity contribution is -0.128. The standard InChI is InChI=1S/C16H19N5OS2/c1-4-21-10-17-19-16(21)23-9-14(22)20(3)11(2)15-18-12-7-5-6-8-13(12)24-15/h5-8,10-11H,4,9H2,1-3H3/t11-/m1/s1. The smallest absolute Gasteiger partial charge is 0.233 e. The fourth-order valence-corrected chi connectivity index (χ4v) is 4.22. The van der Waals surface area contributed by atoms with Gasteiger partial charge in [-0.2, -0.15) is 0 Å². The molecule has 3 aromatic rings. The second-order valence-electron chi connectivity index (χ2n) is 5.39. The van der Waals surface area contributed by atoms with Crippen molar-refractivity contribution >= 4 is 39.2 Å². The summed E-state index contributed by atoms with van der Waals surface area (Å²) >= 11 is 3.05. The van der Waals surface area contributed by atoms with E-state index in [1.54, 1.807) is 22.6 Å². The topological polar surface area (TPSA) is 63.9 Å². The number of thioether (sulfide) groups is 1. The second-order valence-corrected chi connectivity index (χ2v) is 7.39. The minimum absolute atomic E-state index is 0.0532. The minimum Gasteiger partial charge on any atom is -0.336 e. The first kappa shape index (κ1) is 16.9. The highest BCUT2D eigenvalue weighted by Gasteiger charge is 2.21. The van der Waals surface area contributed by atoms with Gasteiger partial charge in [0.05, 0.1) is 22.0 Å². The summed E-state index contributed by atoms with van der Waals surface area (Å²) in [6.45, 7) is 4.83. The zero-order valence-corrected chi connectivity index (χ0v) is 15.5. The molecule has 0 aliphatic heterocycles. The molecule has 0 unspecified atom stereocenters. The Kier molecular flexibility index (Phi) is 5.15. The molecule has 0 aliphatic carbocycles. The van der Waals surface area contributed by atoms with Gasteiger partial charge in [-0.05, 0) is 26.0 Å². The van der Waals surface area contributed by atoms with Crippen LogP contribution in [0.1, 0.15) is 24.9 Å². The average molecular weight is 361 g/mol. The van der Waals surface area contributed by atoms with Crippen molar-refractivity contribution < 1.29 is 4.79 Å². The number of thiazole rings is 1. The molecule has 1 amide bonds. The highest BCUT2D eigenvalue weighted by molar-refractivity contribution is 7.99. The van der Waals surface area contributed by atoms with Gasteiger partial charge in [-0.15, -0.1) is 21.5 Å². The van der Waals surface area contributed by atoms with E-state index in [1.807, 2.05) is 43.7 Å². The van der Waals surface area contributed by atoms with E-state index >= 15 is 0 Å². The van der Waals surface area contributed by atoms with E-state index in [0.717, 1.165) is 26.9 Å². The third kappa shape index (κ3) is 3.44. The van der Waals surface area contributed by atoms with E-state index in [4.69, 9.17) is 0 Å². The van der Waals surface area contributed by atoms with Gasteiger partial charge in [0.25, 0.3) is 0 Å². The van der Waals surface area contributed by atoms with Crippen molar-refractivity contribution in [2.75, 3.05) is 12.8 Å². The van der Waals surface area contributed by atoms with Gasteiger partial charge < -0.3 is 9.47 Å². The van der Waals surface area contributed by atoms with Crippen LogP contribution in [0, 0.1) is 0 Å². The van der Waals surface area contributed by atoms with Crippen LogP contribution in [-0.4, -0.2) is 43.4 Å². The van der Waals surface area contributed by atoms with Gasteiger partial charge >= 0.3 is 0 Å². The number of para-hydroxylation sites is 1. The zero-order valence-electron chi connectivity index (χ0n) is 13.8. The summed E-state index contributed by atoms with van der Waals surface area (Å²) in [5.41, 5.74) is 0.982. The minimum atomic E-state index is -0.0560. The van der Waals surface area contributed by atoms with Crippen LogP contribution in [0.4, 0.5) is 0 Å². The van der Waals surface area contributed by atoms with E-state index in [-0.39, 0.29) is 11.9 Å². The number of rotatable bonds is 6. The third-order valence-electron chi connectivity index (χ3n) is 3.89. The molecule has 6 nitrogen and oxygen atoms in total. The van der Waals surface area contributed by atoms with Crippen LogP contribution >= 0.6 is 23.1 Å². The first-order chi connectivity index (χ1) is 11.6. The molecule has 3 rings (SSSR count). The Balaban J connectivity index is 1.66. The predicted molar refractivity (Wildman–Crippen MR) is 97.2 cm³/mol. The Morgan fingerprint density at radius 1 is 1.42 bits per heavy atom. The van der Waals surface area contributed by atoms with Crippen molar-refractivity contribution in [2.24, 2.45) is 0 Å². The Morgan fingerprint density at radius 2 is 2.21 bits per heavy atom. The van der Waals surface area contributed by atoms with Crippen molar-refractivity contribution in [1.29, 1.82) is 0 Å². The molecule has 1 atom stereocenters. The number of carbonyl (C=O) groups is 1. The quantitative estimate of drug-likeness (QED) is 0.631. The number of carbonyl (C=O) groups excluding carboxylic acids is 1. The molecule has 126 valence electrons. The molecule has 0 saturated carbocycles. The van der Waals surface area contributed by atoms with Gasteiger partial charge in [-0.25, -0.2) is 4.98 Å². The molecule has 2 aromatic heterocycles. The van der Waals surface area contributed by atoms with Crippen molar-refractivity contribution in [3.8, 4) is 0 Å². The van der Waals surface area contributed by atoms with E-state index in [9.17, 15) is 4.79 Å². The molecule has 0 fully saturated rings. The van der Waals surface area contributed by atoms with Crippen molar-refractivity contribution in [1.82, 2.24) is 24.6 Å². The van der Waals surface area contributed by atoms with E-state index < -0.39 is 0 Å². The lowest BCUT2D eigenvalue weighted by Gasteiger charge is -2.23. The van der Waals surface area contributed by atoms with Crippen LogP contribution in [0.15, 0.2) is 35.7 Å². The number of hydrogen-bond donors (Lipinski definition) is 0. The molecule has 1 aromatic carbocycles. The lowest BCUT2D eigenvalue weighted by Crippen LogP contribution is -2.31. The molecule has 8 heteroatoms. The summed E-state index contributed by atoms with van der Waals surface area (Å²) in [5, 5.41) is 9.65. The molecule has 2 heterocycles. The highest BCUT2D eigenvalue weighted by atomic mass is 32.2. The van der Waals surface area contributed by atoms with Crippen LogP contribution < -0.4 is 0 Å². The average Bonchev–Trinajstić information content (AvgIpc) is 3.24. The maximum atomic E-state index is 12.5. The Morgan fingerprint density at radius 3 is 2.96 bits per heavy atom. The van der Waals surface area contributed by atoms with E-state index in [2.05, 4.69) is 21.2 Å². The molecule has 0 aliphatic rings. The number of nitrogens with zero attached hydrogens (tertiary/aromatic N) is 5. The van der Waals surface area contributed by atoms with E-state index in [0.29, 0.717) is 5.75 Å². The first-order valence-corrected chi connectivity index (χ1v) is 9.52.